The molecule has 2 heterocycles. The predicted molar refractivity (Wildman–Crippen MR) is 90.0 cm³/mol. The topological polar surface area (TPSA) is 62.2 Å². The first-order chi connectivity index (χ1) is 11.9. The van der Waals surface area contributed by atoms with Crippen molar-refractivity contribution >= 4 is 64.4 Å². The van der Waals surface area contributed by atoms with Crippen molar-refractivity contribution in [1.82, 2.24) is 0 Å². The minimum Gasteiger partial charge on any atom is -0.323 e. The molecule has 0 radical (unpaired) electrons. The molecule has 0 aliphatic heterocycles. The molecule has 0 unspecified atom stereocenters. The molecule has 25 heavy (non-hydrogen) atoms. The molecule has 3 N–H and O–H groups in total. The minimum atomic E-state index is -1.05. The molecule has 0 amide bonds. The lowest BCUT2D eigenvalue weighted by atomic mass is 10.1. The second kappa shape index (κ2) is 4.55. The van der Waals surface area contributed by atoms with E-state index in [9.17, 15) is 17.6 Å². The number of nitrogens with two attached hydrogens (primary N) is 1. The molecule has 0 saturated heterocycles. The van der Waals surface area contributed by atoms with Gasteiger partial charge >= 0.3 is 0 Å². The third-order valence-corrected chi connectivity index (χ3v) is 6.38. The smallest absolute Gasteiger partial charge is 0.213 e. The Bertz CT molecular complexity index is 1470. The van der Waals surface area contributed by atoms with Crippen molar-refractivity contribution in [1.29, 1.82) is 5.41 Å². The number of hydrogen-bond donors (Lipinski definition) is 2. The van der Waals surface area contributed by atoms with Gasteiger partial charge in [-0.15, -0.1) is 22.7 Å². The summed E-state index contributed by atoms with van der Waals surface area (Å²) < 4.78 is 55.9. The summed E-state index contributed by atoms with van der Waals surface area (Å²) in [5.74, 6) is 3.30. The average Bonchev–Trinajstić information content (AvgIpc) is 3.24. The Hall–Kier alpha value is -2.52. The number of fused-ring (bicyclic) bond motifs is 6. The normalized spacial score (nSPS) is 13.4. The highest BCUT2D eigenvalue weighted by molar-refractivity contribution is 7.19. The van der Waals surface area contributed by atoms with E-state index in [4.69, 9.17) is 11.3 Å². The van der Waals surface area contributed by atoms with Gasteiger partial charge < -0.3 is 5.84 Å². The number of thiophene rings is 2. The van der Waals surface area contributed by atoms with Crippen molar-refractivity contribution in [2.75, 3.05) is 0 Å². The van der Waals surface area contributed by atoms with Gasteiger partial charge in [0.15, 0.2) is 11.6 Å². The van der Waals surface area contributed by atoms with Crippen molar-refractivity contribution in [2.24, 2.45) is 10.9 Å². The van der Waals surface area contributed by atoms with E-state index in [1.54, 1.807) is 12.1 Å². The SMILES string of the molecule is N=c1c2cc3c(cc2c2sc(F)c(F)c12)/c(=N/N)c1c(F)c(F)sc13. The second-order valence-electron chi connectivity index (χ2n) is 5.58. The van der Waals surface area contributed by atoms with Gasteiger partial charge in [0.05, 0.1) is 25.5 Å². The van der Waals surface area contributed by atoms with E-state index >= 15 is 0 Å². The zero-order valence-electron chi connectivity index (χ0n) is 12.0. The lowest BCUT2D eigenvalue weighted by Crippen LogP contribution is -2.04. The Balaban J connectivity index is 2.12. The molecule has 9 heteroatoms. The molecule has 0 bridgehead atoms. The van der Waals surface area contributed by atoms with Crippen molar-refractivity contribution < 1.29 is 17.6 Å². The van der Waals surface area contributed by atoms with Gasteiger partial charge in [0, 0.05) is 21.5 Å². The third-order valence-electron chi connectivity index (χ3n) is 4.41. The average molecular weight is 379 g/mol. The zero-order chi connectivity index (χ0) is 17.6. The number of rotatable bonds is 0. The lowest BCUT2D eigenvalue weighted by Gasteiger charge is -1.94. The fourth-order valence-corrected chi connectivity index (χ4v) is 5.24. The Labute approximate surface area is 143 Å². The van der Waals surface area contributed by atoms with Crippen molar-refractivity contribution in [2.45, 2.75) is 0 Å². The van der Waals surface area contributed by atoms with E-state index in [-0.39, 0.29) is 21.5 Å². The van der Waals surface area contributed by atoms with Gasteiger partial charge in [0.1, 0.15) is 5.36 Å². The second-order valence-corrected chi connectivity index (χ2v) is 7.53. The summed E-state index contributed by atoms with van der Waals surface area (Å²) in [7, 11) is 0. The van der Waals surface area contributed by atoms with Crippen LogP contribution in [0, 0.1) is 27.3 Å². The molecule has 3 aromatic carbocycles. The fourth-order valence-electron chi connectivity index (χ4n) is 3.36. The fraction of sp³-hybridized carbons (Fsp3) is 0. The Morgan fingerprint density at radius 3 is 1.96 bits per heavy atom. The van der Waals surface area contributed by atoms with Crippen molar-refractivity contribution in [3.63, 3.8) is 0 Å². The number of nitrogens with zero attached hydrogens (tertiary/aromatic N) is 1. The third kappa shape index (κ3) is 1.60. The molecule has 5 aromatic rings. The molecule has 0 spiro atoms. The highest BCUT2D eigenvalue weighted by Crippen LogP contribution is 2.39. The standard InChI is InChI=1S/C16H5F4N3S2/c17-9-7-11(21)3-1-6-4(2-5(3)13(7)24-15(9)19)12(23-22)8-10(18)16(20)25-14(6)8/h1-2,21H,22H2/b21-11?,23-12-. The van der Waals surface area contributed by atoms with Crippen LogP contribution in [0.25, 0.3) is 41.7 Å². The van der Waals surface area contributed by atoms with Gasteiger partial charge in [0.25, 0.3) is 0 Å². The van der Waals surface area contributed by atoms with Gasteiger partial charge in [-0.3, -0.25) is 5.41 Å². The molecule has 0 aliphatic rings. The first-order valence-electron chi connectivity index (χ1n) is 6.96. The monoisotopic (exact) mass is 379 g/mol. The summed E-state index contributed by atoms with van der Waals surface area (Å²) in [6.07, 6.45) is 0. The maximum atomic E-state index is 14.1. The van der Waals surface area contributed by atoms with E-state index in [1.807, 2.05) is 0 Å². The molecular weight excluding hydrogens is 374 g/mol. The molecule has 0 aliphatic carbocycles. The van der Waals surface area contributed by atoms with Crippen LogP contribution in [0.3, 0.4) is 0 Å². The quantitative estimate of drug-likeness (QED) is 0.237. The van der Waals surface area contributed by atoms with E-state index in [0.717, 1.165) is 0 Å². The van der Waals surface area contributed by atoms with Crippen LogP contribution in [0.1, 0.15) is 0 Å². The van der Waals surface area contributed by atoms with Crippen LogP contribution in [-0.2, 0) is 0 Å². The van der Waals surface area contributed by atoms with Crippen LogP contribution in [-0.4, -0.2) is 0 Å². The van der Waals surface area contributed by atoms with Gasteiger partial charge in [-0.05, 0) is 12.1 Å². The summed E-state index contributed by atoms with van der Waals surface area (Å²) in [6, 6.07) is 3.14. The zero-order valence-corrected chi connectivity index (χ0v) is 13.6. The Morgan fingerprint density at radius 2 is 1.32 bits per heavy atom. The lowest BCUT2D eigenvalue weighted by molar-refractivity contribution is 0.537. The maximum Gasteiger partial charge on any atom is 0.213 e. The van der Waals surface area contributed by atoms with Crippen LogP contribution in [0.5, 0.6) is 0 Å². The molecule has 124 valence electrons. The van der Waals surface area contributed by atoms with Crippen LogP contribution in [0.4, 0.5) is 17.6 Å². The van der Waals surface area contributed by atoms with E-state index in [2.05, 4.69) is 5.10 Å². The molecular formula is C16H5F4N3S2. The van der Waals surface area contributed by atoms with E-state index < -0.39 is 21.9 Å². The first-order valence-corrected chi connectivity index (χ1v) is 8.59. The number of halogens is 4. The van der Waals surface area contributed by atoms with E-state index in [0.29, 0.717) is 53.6 Å². The van der Waals surface area contributed by atoms with E-state index in [1.165, 1.54) is 0 Å². The predicted octanol–water partition coefficient (Wildman–Crippen LogP) is 4.11. The number of hydrogen-bond acceptors (Lipinski definition) is 5. The van der Waals surface area contributed by atoms with Gasteiger partial charge in [-0.2, -0.15) is 13.9 Å². The van der Waals surface area contributed by atoms with Gasteiger partial charge in [-0.25, -0.2) is 8.78 Å². The molecule has 3 nitrogen and oxygen atoms in total. The summed E-state index contributed by atoms with van der Waals surface area (Å²) >= 11 is 1.23. The Morgan fingerprint density at radius 1 is 0.800 bits per heavy atom. The summed E-state index contributed by atoms with van der Waals surface area (Å²) in [4.78, 5) is 0. The maximum absolute atomic E-state index is 14.1. The first kappa shape index (κ1) is 14.8. The van der Waals surface area contributed by atoms with Crippen LogP contribution < -0.4 is 16.6 Å². The molecule has 2 aromatic heterocycles. The Kier molecular flexibility index (Phi) is 2.69. The number of benzene rings is 1. The summed E-state index contributed by atoms with van der Waals surface area (Å²) in [5.41, 5.74) is 0. The van der Waals surface area contributed by atoms with Crippen molar-refractivity contribution in [3.05, 3.63) is 44.7 Å². The molecule has 0 fully saturated rings. The highest BCUT2D eigenvalue weighted by atomic mass is 32.1. The van der Waals surface area contributed by atoms with Crippen LogP contribution in [0.2, 0.25) is 0 Å². The molecule has 5 rings (SSSR count). The van der Waals surface area contributed by atoms with Crippen molar-refractivity contribution in [3.8, 4) is 0 Å². The van der Waals surface area contributed by atoms with Crippen LogP contribution >= 0.6 is 22.7 Å². The van der Waals surface area contributed by atoms with Crippen LogP contribution in [0.15, 0.2) is 17.2 Å². The minimum absolute atomic E-state index is 0.0148. The molecule has 0 atom stereocenters. The largest absolute Gasteiger partial charge is 0.323 e. The summed E-state index contributed by atoms with van der Waals surface area (Å²) in [5, 5.41) is 11.4. The van der Waals surface area contributed by atoms with Gasteiger partial charge in [0.2, 0.25) is 10.3 Å². The number of nitrogens with one attached hydrogen (secondary N) is 1. The molecule has 0 saturated carbocycles. The highest BCUT2D eigenvalue weighted by Gasteiger charge is 2.23. The van der Waals surface area contributed by atoms with Gasteiger partial charge in [-0.1, -0.05) is 0 Å². The summed E-state index contributed by atoms with van der Waals surface area (Å²) in [6.45, 7) is 0.